The molecule has 7 heteroatoms. The molecule has 148 valence electrons. The molecular weight excluding hydrogens is 361 g/mol. The molecule has 4 rings (SSSR count). The molecule has 0 aliphatic carbocycles. The standard InChI is InChI=1S/C21H24FN3O3/c1-13-11-17-19(18(12-26)24(2)21(17)27)23-20(13)25-9-7-16(8-10-25)28-15-5-3-14(22)4-6-15/h3-6,11,16,18,26H,7-10,12H2,1-2H3/t18-/m0/s1. The average Bonchev–Trinajstić information content (AvgIpc) is 2.93. The van der Waals surface area contributed by atoms with Crippen LogP contribution in [0, 0.1) is 12.7 Å². The SMILES string of the molecule is Cc1cc2c(nc1N1CCC(Oc3ccc(F)cc3)CC1)[C@H](CO)N(C)C2=O. The molecule has 3 heterocycles. The Kier molecular flexibility index (Phi) is 4.93. The van der Waals surface area contributed by atoms with Gasteiger partial charge in [0.1, 0.15) is 23.5 Å². The number of ether oxygens (including phenoxy) is 1. The molecule has 1 amide bonds. The molecule has 28 heavy (non-hydrogen) atoms. The lowest BCUT2D eigenvalue weighted by molar-refractivity contribution is 0.0715. The zero-order valence-corrected chi connectivity index (χ0v) is 16.1. The first kappa shape index (κ1) is 18.7. The van der Waals surface area contributed by atoms with Crippen molar-refractivity contribution in [3.63, 3.8) is 0 Å². The van der Waals surface area contributed by atoms with E-state index in [1.54, 1.807) is 24.1 Å². The predicted octanol–water partition coefficient (Wildman–Crippen LogP) is 2.70. The van der Waals surface area contributed by atoms with Gasteiger partial charge in [0.05, 0.1) is 23.9 Å². The highest BCUT2D eigenvalue weighted by Crippen LogP contribution is 2.34. The number of carbonyl (C=O) groups is 1. The van der Waals surface area contributed by atoms with Gasteiger partial charge >= 0.3 is 0 Å². The molecule has 0 saturated carbocycles. The fraction of sp³-hybridized carbons (Fsp3) is 0.429. The number of aromatic nitrogens is 1. The van der Waals surface area contributed by atoms with Gasteiger partial charge in [-0.05, 0) is 42.8 Å². The van der Waals surface area contributed by atoms with Gasteiger partial charge in [-0.15, -0.1) is 0 Å². The molecule has 1 saturated heterocycles. The van der Waals surface area contributed by atoms with Crippen LogP contribution in [0.2, 0.25) is 0 Å². The number of nitrogens with zero attached hydrogens (tertiary/aromatic N) is 3. The third kappa shape index (κ3) is 3.30. The van der Waals surface area contributed by atoms with E-state index in [-0.39, 0.29) is 30.5 Å². The fourth-order valence-electron chi connectivity index (χ4n) is 3.98. The van der Waals surface area contributed by atoms with Gasteiger partial charge < -0.3 is 19.6 Å². The Morgan fingerprint density at radius 3 is 2.57 bits per heavy atom. The Morgan fingerprint density at radius 1 is 1.25 bits per heavy atom. The molecular formula is C21H24FN3O3. The topological polar surface area (TPSA) is 65.9 Å². The van der Waals surface area contributed by atoms with Crippen molar-refractivity contribution in [1.29, 1.82) is 0 Å². The number of piperidine rings is 1. The number of fused-ring (bicyclic) bond motifs is 1. The summed E-state index contributed by atoms with van der Waals surface area (Å²) in [6.07, 6.45) is 1.74. The van der Waals surface area contributed by atoms with Crippen LogP contribution < -0.4 is 9.64 Å². The van der Waals surface area contributed by atoms with E-state index >= 15 is 0 Å². The van der Waals surface area contributed by atoms with E-state index in [2.05, 4.69) is 4.90 Å². The van der Waals surface area contributed by atoms with E-state index in [4.69, 9.17) is 9.72 Å². The van der Waals surface area contributed by atoms with Crippen molar-refractivity contribution in [1.82, 2.24) is 9.88 Å². The largest absolute Gasteiger partial charge is 0.490 e. The maximum absolute atomic E-state index is 13.0. The molecule has 2 aliphatic rings. The van der Waals surface area contributed by atoms with E-state index in [1.807, 2.05) is 13.0 Å². The summed E-state index contributed by atoms with van der Waals surface area (Å²) in [6.45, 7) is 3.39. The molecule has 2 aromatic rings. The van der Waals surface area contributed by atoms with Gasteiger partial charge in [0.2, 0.25) is 0 Å². The van der Waals surface area contributed by atoms with Crippen molar-refractivity contribution in [2.45, 2.75) is 31.9 Å². The lowest BCUT2D eigenvalue weighted by atomic mass is 10.1. The Bertz CT molecular complexity index is 879. The number of hydrogen-bond donors (Lipinski definition) is 1. The van der Waals surface area contributed by atoms with Crippen LogP contribution in [-0.2, 0) is 0 Å². The number of halogens is 1. The zero-order chi connectivity index (χ0) is 19.8. The van der Waals surface area contributed by atoms with E-state index < -0.39 is 0 Å². The summed E-state index contributed by atoms with van der Waals surface area (Å²) in [7, 11) is 1.69. The van der Waals surface area contributed by atoms with E-state index in [1.165, 1.54) is 12.1 Å². The van der Waals surface area contributed by atoms with Crippen LogP contribution in [0.4, 0.5) is 10.2 Å². The minimum atomic E-state index is -0.388. The first-order valence-corrected chi connectivity index (χ1v) is 9.54. The van der Waals surface area contributed by atoms with Gasteiger partial charge in [-0.2, -0.15) is 0 Å². The third-order valence-electron chi connectivity index (χ3n) is 5.58. The minimum absolute atomic E-state index is 0.0781. The van der Waals surface area contributed by atoms with Crippen molar-refractivity contribution in [2.24, 2.45) is 0 Å². The minimum Gasteiger partial charge on any atom is -0.490 e. The number of rotatable bonds is 4. The van der Waals surface area contributed by atoms with Crippen molar-refractivity contribution in [2.75, 3.05) is 31.6 Å². The first-order chi connectivity index (χ1) is 13.5. The number of amides is 1. The lowest BCUT2D eigenvalue weighted by Crippen LogP contribution is -2.39. The molecule has 1 atom stereocenters. The average molecular weight is 385 g/mol. The van der Waals surface area contributed by atoms with E-state index in [9.17, 15) is 14.3 Å². The van der Waals surface area contributed by atoms with Crippen molar-refractivity contribution >= 4 is 11.7 Å². The van der Waals surface area contributed by atoms with Crippen LogP contribution in [0.15, 0.2) is 30.3 Å². The number of anilines is 1. The number of hydrogen-bond acceptors (Lipinski definition) is 5. The van der Waals surface area contributed by atoms with E-state index in [0.29, 0.717) is 17.0 Å². The van der Waals surface area contributed by atoms with Crippen LogP contribution in [-0.4, -0.2) is 53.7 Å². The monoisotopic (exact) mass is 385 g/mol. The molecule has 0 bridgehead atoms. The quantitative estimate of drug-likeness (QED) is 0.877. The Balaban J connectivity index is 1.47. The number of pyridine rings is 1. The lowest BCUT2D eigenvalue weighted by Gasteiger charge is -2.34. The molecule has 0 unspecified atom stereocenters. The molecule has 0 radical (unpaired) electrons. The Hall–Kier alpha value is -2.67. The molecule has 6 nitrogen and oxygen atoms in total. The molecule has 1 aromatic carbocycles. The summed E-state index contributed by atoms with van der Waals surface area (Å²) in [6, 6.07) is 7.59. The van der Waals surface area contributed by atoms with Crippen LogP contribution in [0.1, 0.15) is 40.5 Å². The van der Waals surface area contributed by atoms with Gasteiger partial charge in [-0.3, -0.25) is 4.79 Å². The van der Waals surface area contributed by atoms with E-state index in [0.717, 1.165) is 37.3 Å². The zero-order valence-electron chi connectivity index (χ0n) is 16.1. The summed E-state index contributed by atoms with van der Waals surface area (Å²) >= 11 is 0. The van der Waals surface area contributed by atoms with Crippen LogP contribution in [0.3, 0.4) is 0 Å². The molecule has 1 N–H and O–H groups in total. The van der Waals surface area contributed by atoms with Crippen molar-refractivity contribution in [3.8, 4) is 5.75 Å². The second-order valence-corrected chi connectivity index (χ2v) is 7.43. The fourth-order valence-corrected chi connectivity index (χ4v) is 3.98. The normalized spacial score (nSPS) is 19.9. The summed E-state index contributed by atoms with van der Waals surface area (Å²) in [5, 5.41) is 9.68. The Labute approximate surface area is 163 Å². The summed E-state index contributed by atoms with van der Waals surface area (Å²) in [4.78, 5) is 20.9. The highest BCUT2D eigenvalue weighted by atomic mass is 19.1. The smallest absolute Gasteiger partial charge is 0.256 e. The molecule has 0 spiro atoms. The van der Waals surface area contributed by atoms with Crippen molar-refractivity contribution in [3.05, 3.63) is 53.0 Å². The number of aliphatic hydroxyl groups is 1. The number of carbonyl (C=O) groups excluding carboxylic acids is 1. The maximum atomic E-state index is 13.0. The molecule has 1 fully saturated rings. The second kappa shape index (κ2) is 7.39. The number of benzene rings is 1. The van der Waals surface area contributed by atoms with Gasteiger partial charge in [0.15, 0.2) is 0 Å². The van der Waals surface area contributed by atoms with Gasteiger partial charge in [0.25, 0.3) is 5.91 Å². The highest BCUT2D eigenvalue weighted by Gasteiger charge is 2.36. The first-order valence-electron chi connectivity index (χ1n) is 9.54. The van der Waals surface area contributed by atoms with Gasteiger partial charge in [-0.1, -0.05) is 0 Å². The number of aliphatic hydroxyl groups excluding tert-OH is 1. The summed E-state index contributed by atoms with van der Waals surface area (Å²) in [5.41, 5.74) is 2.19. The van der Waals surface area contributed by atoms with Crippen LogP contribution in [0.5, 0.6) is 5.75 Å². The van der Waals surface area contributed by atoms with Crippen molar-refractivity contribution < 1.29 is 19.0 Å². The maximum Gasteiger partial charge on any atom is 0.256 e. The van der Waals surface area contributed by atoms with Gasteiger partial charge in [0, 0.05) is 33.0 Å². The van der Waals surface area contributed by atoms with Gasteiger partial charge in [-0.25, -0.2) is 9.37 Å². The highest BCUT2D eigenvalue weighted by molar-refractivity contribution is 5.99. The summed E-state index contributed by atoms with van der Waals surface area (Å²) in [5.74, 6) is 1.17. The number of likely N-dealkylation sites (N-methyl/N-ethyl adjacent to an activating group) is 1. The molecule has 1 aromatic heterocycles. The number of aryl methyl sites for hydroxylation is 1. The third-order valence-corrected chi connectivity index (χ3v) is 5.58. The predicted molar refractivity (Wildman–Crippen MR) is 103 cm³/mol. The van der Waals surface area contributed by atoms with Crippen LogP contribution >= 0.6 is 0 Å². The molecule has 2 aliphatic heterocycles. The summed E-state index contributed by atoms with van der Waals surface area (Å²) < 4.78 is 19.0. The Morgan fingerprint density at radius 2 is 1.93 bits per heavy atom. The van der Waals surface area contributed by atoms with Crippen LogP contribution in [0.25, 0.3) is 0 Å². The second-order valence-electron chi connectivity index (χ2n) is 7.43.